The summed E-state index contributed by atoms with van der Waals surface area (Å²) in [7, 11) is 2.13. The first-order valence-corrected chi connectivity index (χ1v) is 7.91. The molecule has 1 fully saturated rings. The number of carbonyl (C=O) groups is 1. The number of pyridine rings is 1. The molecule has 0 bridgehead atoms. The second-order valence-corrected chi connectivity index (χ2v) is 5.93. The second-order valence-electron chi connectivity index (χ2n) is 5.93. The molecule has 0 spiro atoms. The summed E-state index contributed by atoms with van der Waals surface area (Å²) in [4.78, 5) is 21.4. The van der Waals surface area contributed by atoms with Crippen molar-refractivity contribution in [3.8, 4) is 0 Å². The van der Waals surface area contributed by atoms with Crippen molar-refractivity contribution in [2.45, 2.75) is 6.92 Å². The number of amides is 1. The number of hydrogen-bond acceptors (Lipinski definition) is 4. The van der Waals surface area contributed by atoms with Gasteiger partial charge in [0.05, 0.1) is 11.4 Å². The standard InChI is InChI=1S/C18H22N4O/c1-14-6-5-8-16(19-14)18(23)20-15-7-3-4-9-17(15)22-12-10-21(2)11-13-22/h3-9H,10-13H2,1-2H3,(H,20,23). The number of anilines is 2. The Bertz CT molecular complexity index is 693. The Balaban J connectivity index is 1.79. The molecule has 1 N–H and O–H groups in total. The monoisotopic (exact) mass is 310 g/mol. The number of carbonyl (C=O) groups excluding carboxylic acids is 1. The van der Waals surface area contributed by atoms with Crippen molar-refractivity contribution in [3.05, 3.63) is 53.9 Å². The molecule has 0 atom stereocenters. The highest BCUT2D eigenvalue weighted by atomic mass is 16.1. The van der Waals surface area contributed by atoms with Gasteiger partial charge in [0.25, 0.3) is 5.91 Å². The summed E-state index contributed by atoms with van der Waals surface area (Å²) < 4.78 is 0. The molecular weight excluding hydrogens is 288 g/mol. The first-order valence-electron chi connectivity index (χ1n) is 7.91. The Kier molecular flexibility index (Phi) is 4.57. The van der Waals surface area contributed by atoms with Crippen LogP contribution >= 0.6 is 0 Å². The van der Waals surface area contributed by atoms with Gasteiger partial charge < -0.3 is 15.1 Å². The van der Waals surface area contributed by atoms with Crippen molar-refractivity contribution in [1.82, 2.24) is 9.88 Å². The van der Waals surface area contributed by atoms with E-state index in [0.29, 0.717) is 5.69 Å². The molecule has 1 aliphatic rings. The average Bonchev–Trinajstić information content (AvgIpc) is 2.56. The van der Waals surface area contributed by atoms with Crippen LogP contribution in [0.5, 0.6) is 0 Å². The molecule has 1 amide bonds. The Labute approximate surface area is 136 Å². The number of nitrogens with one attached hydrogen (secondary N) is 1. The summed E-state index contributed by atoms with van der Waals surface area (Å²) in [6.07, 6.45) is 0. The number of hydrogen-bond donors (Lipinski definition) is 1. The maximum atomic E-state index is 12.5. The van der Waals surface area contributed by atoms with Crippen molar-refractivity contribution in [2.75, 3.05) is 43.4 Å². The third-order valence-corrected chi connectivity index (χ3v) is 4.12. The maximum absolute atomic E-state index is 12.5. The van der Waals surface area contributed by atoms with Crippen molar-refractivity contribution < 1.29 is 4.79 Å². The van der Waals surface area contributed by atoms with Crippen molar-refractivity contribution in [3.63, 3.8) is 0 Å². The number of aryl methyl sites for hydroxylation is 1. The first kappa shape index (κ1) is 15.5. The van der Waals surface area contributed by atoms with Gasteiger partial charge in [-0.2, -0.15) is 0 Å². The van der Waals surface area contributed by atoms with Crippen molar-refractivity contribution in [1.29, 1.82) is 0 Å². The predicted molar refractivity (Wildman–Crippen MR) is 93.1 cm³/mol. The van der Waals surface area contributed by atoms with Gasteiger partial charge in [0.15, 0.2) is 0 Å². The number of para-hydroxylation sites is 2. The topological polar surface area (TPSA) is 48.5 Å². The smallest absolute Gasteiger partial charge is 0.274 e. The maximum Gasteiger partial charge on any atom is 0.274 e. The minimum absolute atomic E-state index is 0.171. The molecule has 5 nitrogen and oxygen atoms in total. The highest BCUT2D eigenvalue weighted by Gasteiger charge is 2.18. The molecule has 1 saturated heterocycles. The Hall–Kier alpha value is -2.40. The molecule has 2 heterocycles. The van der Waals surface area contributed by atoms with Gasteiger partial charge in [-0.3, -0.25) is 4.79 Å². The summed E-state index contributed by atoms with van der Waals surface area (Å²) in [6.45, 7) is 5.87. The van der Waals surface area contributed by atoms with Crippen LogP contribution in [0.4, 0.5) is 11.4 Å². The van der Waals surface area contributed by atoms with Gasteiger partial charge in [0.1, 0.15) is 5.69 Å². The van der Waals surface area contributed by atoms with E-state index in [-0.39, 0.29) is 5.91 Å². The highest BCUT2D eigenvalue weighted by Crippen LogP contribution is 2.26. The lowest BCUT2D eigenvalue weighted by molar-refractivity contribution is 0.102. The van der Waals surface area contributed by atoms with Gasteiger partial charge in [-0.05, 0) is 38.2 Å². The van der Waals surface area contributed by atoms with Crippen LogP contribution in [0, 0.1) is 6.92 Å². The Morgan fingerprint density at radius 1 is 1.04 bits per heavy atom. The van der Waals surface area contributed by atoms with E-state index in [9.17, 15) is 4.79 Å². The van der Waals surface area contributed by atoms with Gasteiger partial charge in [-0.25, -0.2) is 4.98 Å². The van der Waals surface area contributed by atoms with E-state index in [1.54, 1.807) is 6.07 Å². The highest BCUT2D eigenvalue weighted by molar-refractivity contribution is 6.04. The lowest BCUT2D eigenvalue weighted by Crippen LogP contribution is -2.44. The van der Waals surface area contributed by atoms with Crippen LogP contribution < -0.4 is 10.2 Å². The number of rotatable bonds is 3. The summed E-state index contributed by atoms with van der Waals surface area (Å²) in [5.74, 6) is -0.171. The molecule has 1 aliphatic heterocycles. The lowest BCUT2D eigenvalue weighted by Gasteiger charge is -2.35. The fourth-order valence-corrected chi connectivity index (χ4v) is 2.76. The van der Waals surface area contributed by atoms with Crippen LogP contribution in [-0.4, -0.2) is 49.0 Å². The Morgan fingerprint density at radius 3 is 2.52 bits per heavy atom. The third-order valence-electron chi connectivity index (χ3n) is 4.12. The molecule has 3 rings (SSSR count). The minimum atomic E-state index is -0.171. The molecule has 0 radical (unpaired) electrons. The molecule has 2 aromatic rings. The minimum Gasteiger partial charge on any atom is -0.367 e. The van der Waals surface area contributed by atoms with E-state index in [2.05, 4.69) is 33.2 Å². The summed E-state index contributed by atoms with van der Waals surface area (Å²) in [5, 5.41) is 3.01. The van der Waals surface area contributed by atoms with Crippen molar-refractivity contribution >= 4 is 17.3 Å². The molecule has 23 heavy (non-hydrogen) atoms. The van der Waals surface area contributed by atoms with E-state index in [1.165, 1.54) is 0 Å². The average molecular weight is 310 g/mol. The van der Waals surface area contributed by atoms with E-state index >= 15 is 0 Å². The second kappa shape index (κ2) is 6.79. The van der Waals surface area contributed by atoms with Crippen molar-refractivity contribution in [2.24, 2.45) is 0 Å². The first-order chi connectivity index (χ1) is 11.1. The normalized spacial score (nSPS) is 15.5. The molecule has 1 aromatic carbocycles. The van der Waals surface area contributed by atoms with Gasteiger partial charge in [0.2, 0.25) is 0 Å². The summed E-state index contributed by atoms with van der Waals surface area (Å²) >= 11 is 0. The summed E-state index contributed by atoms with van der Waals surface area (Å²) in [5.41, 5.74) is 3.19. The number of benzene rings is 1. The fraction of sp³-hybridized carbons (Fsp3) is 0.333. The molecule has 120 valence electrons. The number of nitrogens with zero attached hydrogens (tertiary/aromatic N) is 3. The quantitative estimate of drug-likeness (QED) is 0.946. The molecule has 0 aliphatic carbocycles. The van der Waals surface area contributed by atoms with Gasteiger partial charge >= 0.3 is 0 Å². The van der Waals surface area contributed by atoms with E-state index in [4.69, 9.17) is 0 Å². The van der Waals surface area contributed by atoms with Gasteiger partial charge in [-0.1, -0.05) is 18.2 Å². The van der Waals surface area contributed by atoms with Crippen LogP contribution in [0.15, 0.2) is 42.5 Å². The largest absolute Gasteiger partial charge is 0.367 e. The SMILES string of the molecule is Cc1cccc(C(=O)Nc2ccccc2N2CCN(C)CC2)n1. The number of likely N-dealkylation sites (N-methyl/N-ethyl adjacent to an activating group) is 1. The van der Waals surface area contributed by atoms with Crippen LogP contribution in [0.25, 0.3) is 0 Å². The fourth-order valence-electron chi connectivity index (χ4n) is 2.76. The number of piperazine rings is 1. The zero-order valence-corrected chi connectivity index (χ0v) is 13.6. The molecule has 5 heteroatoms. The predicted octanol–water partition coefficient (Wildman–Crippen LogP) is 2.39. The molecular formula is C18H22N4O. The van der Waals surface area contributed by atoms with Crippen LogP contribution in [-0.2, 0) is 0 Å². The van der Waals surface area contributed by atoms with Crippen LogP contribution in [0.3, 0.4) is 0 Å². The van der Waals surface area contributed by atoms with Crippen LogP contribution in [0.2, 0.25) is 0 Å². The van der Waals surface area contributed by atoms with E-state index in [1.807, 2.05) is 37.3 Å². The van der Waals surface area contributed by atoms with E-state index in [0.717, 1.165) is 43.2 Å². The molecule has 0 unspecified atom stereocenters. The zero-order valence-electron chi connectivity index (χ0n) is 13.6. The van der Waals surface area contributed by atoms with E-state index < -0.39 is 0 Å². The lowest BCUT2D eigenvalue weighted by atomic mass is 10.2. The van der Waals surface area contributed by atoms with Gasteiger partial charge in [0, 0.05) is 31.9 Å². The zero-order chi connectivity index (χ0) is 16.2. The molecule has 0 saturated carbocycles. The van der Waals surface area contributed by atoms with Gasteiger partial charge in [-0.15, -0.1) is 0 Å². The molecule has 1 aromatic heterocycles. The number of aromatic nitrogens is 1. The third kappa shape index (κ3) is 3.68. The van der Waals surface area contributed by atoms with Crippen LogP contribution in [0.1, 0.15) is 16.2 Å². The Morgan fingerprint density at radius 2 is 1.78 bits per heavy atom. The summed E-state index contributed by atoms with van der Waals surface area (Å²) in [6, 6.07) is 13.4.